The smallest absolute Gasteiger partial charge is 0.157 e. The lowest BCUT2D eigenvalue weighted by atomic mass is 9.95. The Balaban J connectivity index is 0.00000220. The van der Waals surface area contributed by atoms with Gasteiger partial charge in [0.25, 0.3) is 0 Å². The molecule has 1 aliphatic heterocycles. The molecule has 128 valence electrons. The van der Waals surface area contributed by atoms with Crippen LogP contribution in [0.3, 0.4) is 0 Å². The van der Waals surface area contributed by atoms with Gasteiger partial charge in [0, 0.05) is 32.2 Å². The second-order valence-corrected chi connectivity index (χ2v) is 6.02. The lowest BCUT2D eigenvalue weighted by Gasteiger charge is -2.35. The van der Waals surface area contributed by atoms with E-state index in [-0.39, 0.29) is 36.3 Å². The van der Waals surface area contributed by atoms with Crippen LogP contribution in [0.2, 0.25) is 0 Å². The number of halogens is 2. The molecule has 0 unspecified atom stereocenters. The lowest BCUT2D eigenvalue weighted by molar-refractivity contribution is 0.159. The molecular weight excluding hydrogens is 323 g/mol. The molecule has 6 heteroatoms. The average molecular weight is 351 g/mol. The van der Waals surface area contributed by atoms with Gasteiger partial charge in [0.1, 0.15) is 0 Å². The van der Waals surface area contributed by atoms with Gasteiger partial charge in [0.05, 0.1) is 0 Å². The van der Waals surface area contributed by atoms with Crippen LogP contribution in [0.4, 0.5) is 0 Å². The van der Waals surface area contributed by atoms with Crippen molar-refractivity contribution in [2.75, 3.05) is 26.2 Å². The van der Waals surface area contributed by atoms with E-state index in [1.807, 2.05) is 6.07 Å². The summed E-state index contributed by atoms with van der Waals surface area (Å²) < 4.78 is 0. The number of rotatable bonds is 5. The molecule has 22 heavy (non-hydrogen) atoms. The van der Waals surface area contributed by atoms with Crippen LogP contribution < -0.4 is 5.32 Å². The zero-order valence-corrected chi connectivity index (χ0v) is 14.9. The van der Waals surface area contributed by atoms with Gasteiger partial charge in [-0.25, -0.2) is 0 Å². The molecule has 1 atom stereocenters. The summed E-state index contributed by atoms with van der Waals surface area (Å²) >= 11 is 0. The minimum Gasteiger partial charge on any atom is -0.504 e. The maximum atomic E-state index is 9.74. The van der Waals surface area contributed by atoms with Gasteiger partial charge in [-0.05, 0) is 36.5 Å². The van der Waals surface area contributed by atoms with Gasteiger partial charge in [-0.1, -0.05) is 19.9 Å². The third kappa shape index (κ3) is 5.84. The Hall–Kier alpha value is -0.680. The predicted octanol–water partition coefficient (Wildman–Crippen LogP) is 3.32. The van der Waals surface area contributed by atoms with Crippen LogP contribution >= 0.6 is 24.8 Å². The first kappa shape index (κ1) is 21.3. The fourth-order valence-corrected chi connectivity index (χ4v) is 2.79. The van der Waals surface area contributed by atoms with E-state index < -0.39 is 0 Å². The van der Waals surface area contributed by atoms with Crippen molar-refractivity contribution in [2.45, 2.75) is 32.7 Å². The Bertz CT molecular complexity index is 438. The Kier molecular flexibility index (Phi) is 9.85. The number of hydrogen-bond acceptors (Lipinski definition) is 4. The molecule has 0 spiro atoms. The summed E-state index contributed by atoms with van der Waals surface area (Å²) in [5.41, 5.74) is 1.10. The molecule has 1 fully saturated rings. The van der Waals surface area contributed by atoms with E-state index in [9.17, 15) is 10.2 Å². The van der Waals surface area contributed by atoms with E-state index in [1.165, 1.54) is 0 Å². The van der Waals surface area contributed by atoms with Crippen molar-refractivity contribution in [3.63, 3.8) is 0 Å². The minimum atomic E-state index is -0.0447. The van der Waals surface area contributed by atoms with Gasteiger partial charge in [0.15, 0.2) is 11.5 Å². The highest BCUT2D eigenvalue weighted by Gasteiger charge is 2.23. The highest BCUT2D eigenvalue weighted by molar-refractivity contribution is 5.85. The highest BCUT2D eigenvalue weighted by atomic mass is 35.5. The first-order valence-corrected chi connectivity index (χ1v) is 7.54. The molecule has 1 aromatic rings. The number of phenols is 2. The number of piperazine rings is 1. The number of nitrogens with one attached hydrogen (secondary N) is 1. The van der Waals surface area contributed by atoms with Crippen molar-refractivity contribution >= 4 is 24.8 Å². The van der Waals surface area contributed by atoms with Crippen LogP contribution in [0.25, 0.3) is 0 Å². The molecule has 1 saturated heterocycles. The van der Waals surface area contributed by atoms with E-state index in [1.54, 1.807) is 12.1 Å². The Morgan fingerprint density at radius 1 is 1.05 bits per heavy atom. The minimum absolute atomic E-state index is 0. The second kappa shape index (κ2) is 10.2. The number of benzene rings is 1. The summed E-state index contributed by atoms with van der Waals surface area (Å²) in [6.07, 6.45) is 2.25. The Morgan fingerprint density at radius 2 is 1.68 bits per heavy atom. The molecule has 3 N–H and O–H groups in total. The van der Waals surface area contributed by atoms with Crippen LogP contribution in [0, 0.1) is 5.92 Å². The monoisotopic (exact) mass is 350 g/mol. The molecule has 1 aromatic carbocycles. The number of nitrogens with zero attached hydrogens (tertiary/aromatic N) is 1. The van der Waals surface area contributed by atoms with Gasteiger partial charge in [-0.2, -0.15) is 0 Å². The SMILES string of the molecule is CC(C)CC[C@@H](c1ccc(O)c(O)c1)N1CCNCC1.Cl.Cl. The molecule has 0 amide bonds. The molecule has 2 rings (SSSR count). The Labute approximate surface area is 145 Å². The van der Waals surface area contributed by atoms with Gasteiger partial charge in [-0.15, -0.1) is 24.8 Å². The maximum Gasteiger partial charge on any atom is 0.157 e. The molecule has 4 nitrogen and oxygen atoms in total. The van der Waals surface area contributed by atoms with Crippen LogP contribution in [-0.4, -0.2) is 41.3 Å². The van der Waals surface area contributed by atoms with E-state index in [0.717, 1.165) is 44.6 Å². The predicted molar refractivity (Wildman–Crippen MR) is 95.5 cm³/mol. The second-order valence-electron chi connectivity index (χ2n) is 6.02. The molecule has 0 radical (unpaired) electrons. The molecular formula is C16H28Cl2N2O2. The first-order chi connectivity index (χ1) is 9.58. The van der Waals surface area contributed by atoms with Crippen molar-refractivity contribution in [1.29, 1.82) is 0 Å². The van der Waals surface area contributed by atoms with Crippen LogP contribution in [-0.2, 0) is 0 Å². The van der Waals surface area contributed by atoms with Crippen molar-refractivity contribution in [3.8, 4) is 11.5 Å². The van der Waals surface area contributed by atoms with Gasteiger partial charge in [0.2, 0.25) is 0 Å². The zero-order chi connectivity index (χ0) is 14.5. The molecule has 1 heterocycles. The maximum absolute atomic E-state index is 9.74. The summed E-state index contributed by atoms with van der Waals surface area (Å²) in [6, 6.07) is 5.56. The molecule has 1 aliphatic rings. The van der Waals surface area contributed by atoms with E-state index in [0.29, 0.717) is 12.0 Å². The first-order valence-electron chi connectivity index (χ1n) is 7.54. The number of phenolic OH excluding ortho intramolecular Hbond substituents is 2. The van der Waals surface area contributed by atoms with Gasteiger partial charge < -0.3 is 15.5 Å². The van der Waals surface area contributed by atoms with E-state index in [4.69, 9.17) is 0 Å². The van der Waals surface area contributed by atoms with Gasteiger partial charge >= 0.3 is 0 Å². The quantitative estimate of drug-likeness (QED) is 0.713. The fourth-order valence-electron chi connectivity index (χ4n) is 2.79. The van der Waals surface area contributed by atoms with Crippen LogP contribution in [0.15, 0.2) is 18.2 Å². The lowest BCUT2D eigenvalue weighted by Crippen LogP contribution is -2.45. The summed E-state index contributed by atoms with van der Waals surface area (Å²) in [5, 5.41) is 22.6. The highest BCUT2D eigenvalue weighted by Crippen LogP contribution is 2.33. The molecule has 0 saturated carbocycles. The summed E-state index contributed by atoms with van der Waals surface area (Å²) in [5.74, 6) is 0.606. The largest absolute Gasteiger partial charge is 0.504 e. The van der Waals surface area contributed by atoms with Gasteiger partial charge in [-0.3, -0.25) is 4.90 Å². The number of hydrogen-bond donors (Lipinski definition) is 3. The third-order valence-electron chi connectivity index (χ3n) is 3.99. The Morgan fingerprint density at radius 3 is 2.23 bits per heavy atom. The van der Waals surface area contributed by atoms with Crippen molar-refractivity contribution in [3.05, 3.63) is 23.8 Å². The molecule has 0 aliphatic carbocycles. The van der Waals surface area contributed by atoms with E-state index >= 15 is 0 Å². The van der Waals surface area contributed by atoms with Crippen molar-refractivity contribution in [2.24, 2.45) is 5.92 Å². The van der Waals surface area contributed by atoms with Crippen LogP contribution in [0.5, 0.6) is 11.5 Å². The van der Waals surface area contributed by atoms with Crippen LogP contribution in [0.1, 0.15) is 38.3 Å². The summed E-state index contributed by atoms with van der Waals surface area (Å²) in [4.78, 5) is 2.48. The number of aromatic hydroxyl groups is 2. The summed E-state index contributed by atoms with van der Waals surface area (Å²) in [7, 11) is 0. The standard InChI is InChI=1S/C16H26N2O2.2ClH/c1-12(2)3-5-14(18-9-7-17-8-10-18)13-4-6-15(19)16(20)11-13;;/h4,6,11-12,14,17,19-20H,3,5,7-10H2,1-2H3;2*1H/t14-;;/m0../s1. The normalized spacial score (nSPS) is 16.7. The molecule has 0 aromatic heterocycles. The molecule has 0 bridgehead atoms. The van der Waals surface area contributed by atoms with Crippen molar-refractivity contribution in [1.82, 2.24) is 10.2 Å². The topological polar surface area (TPSA) is 55.7 Å². The third-order valence-corrected chi connectivity index (χ3v) is 3.99. The summed E-state index contributed by atoms with van der Waals surface area (Å²) in [6.45, 7) is 8.57. The van der Waals surface area contributed by atoms with Crippen molar-refractivity contribution < 1.29 is 10.2 Å². The van der Waals surface area contributed by atoms with E-state index in [2.05, 4.69) is 24.1 Å². The average Bonchev–Trinajstić information content (AvgIpc) is 2.44. The fraction of sp³-hybridized carbons (Fsp3) is 0.625. The zero-order valence-electron chi connectivity index (χ0n) is 13.3.